The number of aryl methyl sites for hydroxylation is 1. The molecule has 2 aromatic rings. The van der Waals surface area contributed by atoms with E-state index in [-0.39, 0.29) is 17.3 Å². The lowest BCUT2D eigenvalue weighted by atomic mass is 10.2. The number of rotatable bonds is 3. The summed E-state index contributed by atoms with van der Waals surface area (Å²) in [7, 11) is 1.58. The predicted octanol–water partition coefficient (Wildman–Crippen LogP) is 0.0956. The Labute approximate surface area is 89.5 Å². The highest BCUT2D eigenvalue weighted by molar-refractivity contribution is 5.90. The molecular weight excluding hydrogens is 214 g/mol. The maximum atomic E-state index is 10.9. The molecule has 0 spiro atoms. The Balaban J connectivity index is 2.35. The number of pyridine rings is 1. The van der Waals surface area contributed by atoms with Crippen LogP contribution in [0.4, 0.5) is 0 Å². The molecular formula is C8H7N5O3. The predicted molar refractivity (Wildman–Crippen MR) is 50.1 cm³/mol. The van der Waals surface area contributed by atoms with Crippen molar-refractivity contribution in [1.29, 1.82) is 0 Å². The van der Waals surface area contributed by atoms with Crippen LogP contribution in [0.3, 0.4) is 0 Å². The van der Waals surface area contributed by atoms with Gasteiger partial charge in [0.05, 0.1) is 6.20 Å². The van der Waals surface area contributed by atoms with Crippen molar-refractivity contribution in [3.8, 4) is 11.8 Å². The minimum absolute atomic E-state index is 0.00185. The van der Waals surface area contributed by atoms with Crippen LogP contribution in [0, 0.1) is 0 Å². The quantitative estimate of drug-likeness (QED) is 0.783. The number of carboxylic acids is 1. The summed E-state index contributed by atoms with van der Waals surface area (Å²) in [5.74, 6) is -1.01. The first-order valence-electron chi connectivity index (χ1n) is 4.26. The van der Waals surface area contributed by atoms with Crippen LogP contribution in [0.1, 0.15) is 10.4 Å². The molecule has 0 aliphatic carbocycles. The molecule has 0 bridgehead atoms. The van der Waals surface area contributed by atoms with Gasteiger partial charge in [-0.1, -0.05) is 5.10 Å². The number of tetrazole rings is 1. The zero-order valence-electron chi connectivity index (χ0n) is 8.23. The van der Waals surface area contributed by atoms with Crippen molar-refractivity contribution in [2.75, 3.05) is 0 Å². The summed E-state index contributed by atoms with van der Waals surface area (Å²) in [5.41, 5.74) is -0.00185. The topological polar surface area (TPSA) is 103 Å². The molecule has 0 radical (unpaired) electrons. The van der Waals surface area contributed by atoms with E-state index in [0.717, 1.165) is 0 Å². The zero-order chi connectivity index (χ0) is 11.5. The van der Waals surface area contributed by atoms with Crippen molar-refractivity contribution in [2.24, 2.45) is 7.05 Å². The molecule has 0 fully saturated rings. The van der Waals surface area contributed by atoms with E-state index in [1.165, 1.54) is 23.1 Å². The van der Waals surface area contributed by atoms with Gasteiger partial charge < -0.3 is 9.84 Å². The largest absolute Gasteiger partial charge is 0.478 e. The molecule has 16 heavy (non-hydrogen) atoms. The third-order valence-electron chi connectivity index (χ3n) is 1.80. The van der Waals surface area contributed by atoms with E-state index in [0.29, 0.717) is 0 Å². The Morgan fingerprint density at radius 1 is 1.56 bits per heavy atom. The van der Waals surface area contributed by atoms with Crippen molar-refractivity contribution >= 4 is 5.97 Å². The Morgan fingerprint density at radius 2 is 2.38 bits per heavy atom. The molecule has 0 aliphatic heterocycles. The second-order valence-corrected chi connectivity index (χ2v) is 2.86. The van der Waals surface area contributed by atoms with Gasteiger partial charge in [-0.25, -0.2) is 4.79 Å². The van der Waals surface area contributed by atoms with E-state index >= 15 is 0 Å². The van der Waals surface area contributed by atoms with Crippen LogP contribution >= 0.6 is 0 Å². The van der Waals surface area contributed by atoms with Crippen LogP contribution < -0.4 is 4.74 Å². The van der Waals surface area contributed by atoms with Gasteiger partial charge in [0.25, 0.3) is 0 Å². The van der Waals surface area contributed by atoms with E-state index in [2.05, 4.69) is 20.5 Å². The molecule has 0 saturated heterocycles. The average Bonchev–Trinajstić information content (AvgIpc) is 2.65. The molecule has 0 unspecified atom stereocenters. The summed E-state index contributed by atoms with van der Waals surface area (Å²) in [6, 6.07) is 1.43. The summed E-state index contributed by atoms with van der Waals surface area (Å²) >= 11 is 0. The van der Waals surface area contributed by atoms with Gasteiger partial charge in [0, 0.05) is 13.2 Å². The minimum atomic E-state index is -1.10. The average molecular weight is 221 g/mol. The lowest BCUT2D eigenvalue weighted by molar-refractivity contribution is 0.0693. The Hall–Kier alpha value is -2.51. The van der Waals surface area contributed by atoms with Gasteiger partial charge in [0.1, 0.15) is 5.56 Å². The van der Waals surface area contributed by atoms with Gasteiger partial charge in [-0.15, -0.1) is 0 Å². The molecule has 82 valence electrons. The first-order chi connectivity index (χ1) is 7.68. The van der Waals surface area contributed by atoms with Crippen molar-refractivity contribution in [2.45, 2.75) is 0 Å². The van der Waals surface area contributed by atoms with E-state index < -0.39 is 5.97 Å². The highest BCUT2D eigenvalue weighted by Crippen LogP contribution is 2.21. The first-order valence-corrected chi connectivity index (χ1v) is 4.26. The zero-order valence-corrected chi connectivity index (χ0v) is 8.23. The van der Waals surface area contributed by atoms with E-state index in [1.807, 2.05) is 0 Å². The van der Waals surface area contributed by atoms with Crippen LogP contribution in [0.25, 0.3) is 0 Å². The normalized spacial score (nSPS) is 10.1. The summed E-state index contributed by atoms with van der Waals surface area (Å²) in [6.07, 6.45) is 2.66. The second-order valence-electron chi connectivity index (χ2n) is 2.86. The molecule has 0 saturated carbocycles. The Bertz CT molecular complexity index is 524. The van der Waals surface area contributed by atoms with Crippen molar-refractivity contribution < 1.29 is 14.6 Å². The number of aromatic carboxylic acids is 1. The molecule has 0 aromatic carbocycles. The van der Waals surface area contributed by atoms with E-state index in [4.69, 9.17) is 9.84 Å². The van der Waals surface area contributed by atoms with Crippen molar-refractivity contribution in [1.82, 2.24) is 25.2 Å². The Kier molecular flexibility index (Phi) is 2.46. The first kappa shape index (κ1) is 10.0. The number of hydrogen-bond donors (Lipinski definition) is 1. The van der Waals surface area contributed by atoms with E-state index in [9.17, 15) is 4.79 Å². The molecule has 2 heterocycles. The lowest BCUT2D eigenvalue weighted by Gasteiger charge is -2.04. The summed E-state index contributed by atoms with van der Waals surface area (Å²) in [5, 5.41) is 19.4. The molecule has 8 nitrogen and oxygen atoms in total. The van der Waals surface area contributed by atoms with Crippen LogP contribution in [-0.2, 0) is 7.05 Å². The van der Waals surface area contributed by atoms with Crippen molar-refractivity contribution in [3.63, 3.8) is 0 Å². The molecule has 0 amide bonds. The second kappa shape index (κ2) is 3.93. The fraction of sp³-hybridized carbons (Fsp3) is 0.125. The fourth-order valence-electron chi connectivity index (χ4n) is 1.04. The number of hydrogen-bond acceptors (Lipinski definition) is 6. The molecule has 1 N–H and O–H groups in total. The van der Waals surface area contributed by atoms with Crippen LogP contribution in [-0.4, -0.2) is 36.3 Å². The standard InChI is InChI=1S/C8H7N5O3/c1-13-8(10-11-12-13)16-6-4-9-3-2-5(6)7(14)15/h2-4H,1H3,(H,14,15). The van der Waals surface area contributed by atoms with Crippen LogP contribution in [0.15, 0.2) is 18.5 Å². The smallest absolute Gasteiger partial charge is 0.340 e. The maximum absolute atomic E-state index is 10.9. The minimum Gasteiger partial charge on any atom is -0.478 e. The molecule has 2 rings (SSSR count). The molecule has 0 aliphatic rings. The van der Waals surface area contributed by atoms with Gasteiger partial charge in [-0.2, -0.15) is 4.68 Å². The lowest BCUT2D eigenvalue weighted by Crippen LogP contribution is -2.03. The monoisotopic (exact) mass is 221 g/mol. The summed E-state index contributed by atoms with van der Waals surface area (Å²) in [4.78, 5) is 14.6. The number of ether oxygens (including phenoxy) is 1. The number of nitrogens with zero attached hydrogens (tertiary/aromatic N) is 5. The van der Waals surface area contributed by atoms with Gasteiger partial charge in [0.2, 0.25) is 0 Å². The number of carboxylic acid groups (broad SMARTS) is 1. The maximum Gasteiger partial charge on any atom is 0.340 e. The highest BCUT2D eigenvalue weighted by Gasteiger charge is 2.14. The van der Waals surface area contributed by atoms with Gasteiger partial charge in [-0.3, -0.25) is 4.98 Å². The fourth-order valence-corrected chi connectivity index (χ4v) is 1.04. The summed E-state index contributed by atoms with van der Waals surface area (Å²) in [6.45, 7) is 0. The van der Waals surface area contributed by atoms with Gasteiger partial charge in [-0.05, 0) is 16.5 Å². The SMILES string of the molecule is Cn1nnnc1Oc1cnccc1C(=O)O. The third kappa shape index (κ3) is 1.80. The Morgan fingerprint density at radius 3 is 3.00 bits per heavy atom. The van der Waals surface area contributed by atoms with E-state index in [1.54, 1.807) is 7.05 Å². The highest BCUT2D eigenvalue weighted by atomic mass is 16.5. The third-order valence-corrected chi connectivity index (χ3v) is 1.80. The summed E-state index contributed by atoms with van der Waals surface area (Å²) < 4.78 is 6.50. The molecule has 0 atom stereocenters. The van der Waals surface area contributed by atoms with Gasteiger partial charge in [0.15, 0.2) is 5.75 Å². The molecule has 8 heteroatoms. The van der Waals surface area contributed by atoms with Gasteiger partial charge >= 0.3 is 12.0 Å². The number of aromatic nitrogens is 5. The van der Waals surface area contributed by atoms with Crippen molar-refractivity contribution in [3.05, 3.63) is 24.0 Å². The van der Waals surface area contributed by atoms with Crippen LogP contribution in [0.5, 0.6) is 11.8 Å². The molecule has 2 aromatic heterocycles. The van der Waals surface area contributed by atoms with Crippen LogP contribution in [0.2, 0.25) is 0 Å². The number of carbonyl (C=O) groups is 1.